The highest BCUT2D eigenvalue weighted by molar-refractivity contribution is 5.70. The number of carbonyl (C=O) groups is 1. The van der Waals surface area contributed by atoms with Crippen LogP contribution >= 0.6 is 0 Å². The van der Waals surface area contributed by atoms with Gasteiger partial charge in [0.05, 0.1) is 32.9 Å². The van der Waals surface area contributed by atoms with E-state index in [1.807, 2.05) is 13.8 Å². The van der Waals surface area contributed by atoms with Crippen molar-refractivity contribution in [2.75, 3.05) is 33.8 Å². The number of ether oxygens (including phenoxy) is 2. The molecule has 0 N–H and O–H groups in total. The van der Waals surface area contributed by atoms with Crippen LogP contribution in [0.25, 0.3) is 0 Å². The molecular formula is C20H38NO3+. The summed E-state index contributed by atoms with van der Waals surface area (Å²) < 4.78 is 12.3. The minimum Gasteiger partial charge on any atom is -0.459 e. The van der Waals surface area contributed by atoms with Gasteiger partial charge in [0.15, 0.2) is 6.54 Å². The van der Waals surface area contributed by atoms with Gasteiger partial charge >= 0.3 is 5.97 Å². The second-order valence-corrected chi connectivity index (χ2v) is 9.50. The first-order valence-electron chi connectivity index (χ1n) is 9.65. The van der Waals surface area contributed by atoms with Crippen LogP contribution in [0, 0.1) is 16.7 Å². The summed E-state index contributed by atoms with van der Waals surface area (Å²) in [6.45, 7) is 13.2. The average molecular weight is 341 g/mol. The molecule has 0 aromatic rings. The van der Waals surface area contributed by atoms with Gasteiger partial charge in [-0.15, -0.1) is 0 Å². The highest BCUT2D eigenvalue weighted by Gasteiger charge is 2.61. The van der Waals surface area contributed by atoms with Gasteiger partial charge in [-0.05, 0) is 49.4 Å². The fourth-order valence-electron chi connectivity index (χ4n) is 4.60. The van der Waals surface area contributed by atoms with Gasteiger partial charge in [-0.1, -0.05) is 27.7 Å². The molecule has 2 aliphatic rings. The van der Waals surface area contributed by atoms with Crippen LogP contribution in [0.1, 0.15) is 60.3 Å². The van der Waals surface area contributed by atoms with Gasteiger partial charge in [0.25, 0.3) is 0 Å². The molecule has 0 radical (unpaired) electrons. The van der Waals surface area contributed by atoms with Crippen molar-refractivity contribution < 1.29 is 18.8 Å². The minimum atomic E-state index is -0.109. The van der Waals surface area contributed by atoms with Crippen LogP contribution in [0.5, 0.6) is 0 Å². The number of likely N-dealkylation sites (N-methyl/N-ethyl adjacent to an activating group) is 1. The summed E-state index contributed by atoms with van der Waals surface area (Å²) in [6, 6.07) is 0. The van der Waals surface area contributed by atoms with E-state index < -0.39 is 0 Å². The fourth-order valence-corrected chi connectivity index (χ4v) is 4.60. The fraction of sp³-hybridized carbons (Fsp3) is 0.950. The second kappa shape index (κ2) is 6.95. The average Bonchev–Trinajstić information content (AvgIpc) is 2.79. The largest absolute Gasteiger partial charge is 0.459 e. The zero-order valence-corrected chi connectivity index (χ0v) is 16.9. The molecule has 0 aromatic carbocycles. The van der Waals surface area contributed by atoms with Gasteiger partial charge in [-0.3, -0.25) is 0 Å². The minimum absolute atomic E-state index is 0.00460. The van der Waals surface area contributed by atoms with Crippen molar-refractivity contribution in [2.24, 2.45) is 16.7 Å². The third-order valence-corrected chi connectivity index (χ3v) is 7.19. The van der Waals surface area contributed by atoms with Crippen LogP contribution in [0.4, 0.5) is 0 Å². The maximum Gasteiger partial charge on any atom is 0.362 e. The molecule has 0 spiro atoms. The van der Waals surface area contributed by atoms with Crippen molar-refractivity contribution in [1.29, 1.82) is 0 Å². The molecule has 2 rings (SSSR count). The Morgan fingerprint density at radius 2 is 1.96 bits per heavy atom. The Morgan fingerprint density at radius 1 is 1.29 bits per heavy atom. The maximum atomic E-state index is 12.0. The molecule has 24 heavy (non-hydrogen) atoms. The number of hydrogen-bond acceptors (Lipinski definition) is 3. The molecule has 0 aliphatic heterocycles. The van der Waals surface area contributed by atoms with E-state index in [9.17, 15) is 4.79 Å². The third kappa shape index (κ3) is 3.80. The lowest BCUT2D eigenvalue weighted by Gasteiger charge is -2.39. The van der Waals surface area contributed by atoms with E-state index in [2.05, 4.69) is 34.9 Å². The van der Waals surface area contributed by atoms with Crippen LogP contribution in [-0.4, -0.2) is 56.5 Å². The van der Waals surface area contributed by atoms with Gasteiger partial charge in [-0.2, -0.15) is 0 Å². The Balaban J connectivity index is 1.78. The van der Waals surface area contributed by atoms with E-state index >= 15 is 0 Å². The Morgan fingerprint density at radius 3 is 2.46 bits per heavy atom. The number of fused-ring (bicyclic) bond motifs is 2. The van der Waals surface area contributed by atoms with Crippen molar-refractivity contribution in [2.45, 2.75) is 72.5 Å². The molecule has 2 aliphatic carbocycles. The van der Waals surface area contributed by atoms with E-state index in [4.69, 9.17) is 9.47 Å². The lowest BCUT2D eigenvalue weighted by Crippen LogP contribution is -2.48. The van der Waals surface area contributed by atoms with E-state index in [1.54, 1.807) is 0 Å². The van der Waals surface area contributed by atoms with Gasteiger partial charge in [0.2, 0.25) is 0 Å². The van der Waals surface area contributed by atoms with Crippen molar-refractivity contribution in [3.63, 3.8) is 0 Å². The molecule has 4 nitrogen and oxygen atoms in total. The van der Waals surface area contributed by atoms with Crippen LogP contribution in [0.3, 0.4) is 0 Å². The smallest absolute Gasteiger partial charge is 0.362 e. The Labute approximate surface area is 148 Å². The number of quaternary nitrogens is 1. The molecule has 0 unspecified atom stereocenters. The molecule has 0 amide bonds. The summed E-state index contributed by atoms with van der Waals surface area (Å²) in [7, 11) is 4.15. The third-order valence-electron chi connectivity index (χ3n) is 7.19. The maximum absolute atomic E-state index is 12.0. The summed E-state index contributed by atoms with van der Waals surface area (Å²) in [4.78, 5) is 12.0. The first-order chi connectivity index (χ1) is 11.0. The number of rotatable bonds is 8. The number of esters is 1. The topological polar surface area (TPSA) is 35.5 Å². The Hall–Kier alpha value is -0.610. The molecule has 140 valence electrons. The summed E-state index contributed by atoms with van der Waals surface area (Å²) >= 11 is 0. The normalized spacial score (nSPS) is 32.8. The zero-order chi connectivity index (χ0) is 18.2. The first-order valence-corrected chi connectivity index (χ1v) is 9.65. The number of carbonyl (C=O) groups excluding carboxylic acids is 1. The molecule has 0 saturated heterocycles. The molecule has 2 fully saturated rings. The Bertz CT molecular complexity index is 460. The van der Waals surface area contributed by atoms with E-state index in [-0.39, 0.29) is 12.1 Å². The summed E-state index contributed by atoms with van der Waals surface area (Å²) in [6.07, 6.45) is 5.08. The van der Waals surface area contributed by atoms with Crippen molar-refractivity contribution in [3.05, 3.63) is 0 Å². The highest BCUT2D eigenvalue weighted by Crippen LogP contribution is 2.66. The van der Waals surface area contributed by atoms with E-state index in [1.165, 1.54) is 19.3 Å². The number of nitrogens with zero attached hydrogens (tertiary/aromatic N) is 1. The molecular weight excluding hydrogens is 302 g/mol. The molecule has 0 heterocycles. The molecule has 4 heteroatoms. The second-order valence-electron chi connectivity index (χ2n) is 9.50. The van der Waals surface area contributed by atoms with E-state index in [0.29, 0.717) is 34.6 Å². The lowest BCUT2D eigenvalue weighted by atomic mass is 9.70. The van der Waals surface area contributed by atoms with Crippen molar-refractivity contribution >= 4 is 5.97 Å². The van der Waals surface area contributed by atoms with E-state index in [0.717, 1.165) is 18.9 Å². The zero-order valence-electron chi connectivity index (χ0n) is 16.9. The van der Waals surface area contributed by atoms with Gasteiger partial charge in [-0.25, -0.2) is 4.79 Å². The quantitative estimate of drug-likeness (QED) is 0.500. The lowest BCUT2D eigenvalue weighted by molar-refractivity contribution is -0.883. The van der Waals surface area contributed by atoms with Crippen LogP contribution in [-0.2, 0) is 14.3 Å². The van der Waals surface area contributed by atoms with Crippen LogP contribution in [0.2, 0.25) is 0 Å². The van der Waals surface area contributed by atoms with Gasteiger partial charge in [0, 0.05) is 0 Å². The van der Waals surface area contributed by atoms with Crippen LogP contribution in [0.15, 0.2) is 0 Å². The molecule has 2 saturated carbocycles. The predicted molar refractivity (Wildman–Crippen MR) is 96.7 cm³/mol. The highest BCUT2D eigenvalue weighted by atomic mass is 16.5. The molecule has 4 atom stereocenters. The number of hydrogen-bond donors (Lipinski definition) is 0. The molecule has 2 bridgehead atoms. The Kier molecular flexibility index (Phi) is 5.71. The van der Waals surface area contributed by atoms with Gasteiger partial charge in [0.1, 0.15) is 6.54 Å². The van der Waals surface area contributed by atoms with Crippen molar-refractivity contribution in [1.82, 2.24) is 0 Å². The summed E-state index contributed by atoms with van der Waals surface area (Å²) in [5.74, 6) is 0.697. The predicted octanol–water partition coefficient (Wildman–Crippen LogP) is 3.64. The first kappa shape index (κ1) is 19.7. The molecule has 0 aromatic heterocycles. The monoisotopic (exact) mass is 340 g/mol. The standard InChI is InChI=1S/C20H38NO3/c1-8-15(2)24-18(22)14-21(6,7)11-12-23-17-13-16-9-10-20(17,5)19(16,3)4/h15-17H,8-14H2,1-7H3/q+1/t15-,16-,17+,20-/m1/s1. The van der Waals surface area contributed by atoms with Crippen molar-refractivity contribution in [3.8, 4) is 0 Å². The summed E-state index contributed by atoms with van der Waals surface area (Å²) in [5.41, 5.74) is 0.701. The van der Waals surface area contributed by atoms with Gasteiger partial charge < -0.3 is 14.0 Å². The van der Waals surface area contributed by atoms with Crippen LogP contribution < -0.4 is 0 Å². The summed E-state index contributed by atoms with van der Waals surface area (Å²) in [5, 5.41) is 0. The SMILES string of the molecule is CC[C@@H](C)OC(=O)C[N+](C)(C)CCO[C@H]1C[C@H]2CC[C@@]1(C)C2(C)C.